The van der Waals surface area contributed by atoms with Gasteiger partial charge in [0.2, 0.25) is 0 Å². The van der Waals surface area contributed by atoms with Crippen LogP contribution < -0.4 is 5.32 Å². The minimum absolute atomic E-state index is 0.0410. The van der Waals surface area contributed by atoms with Crippen LogP contribution in [0.25, 0.3) is 0 Å². The van der Waals surface area contributed by atoms with Gasteiger partial charge in [-0.15, -0.1) is 6.58 Å². The second kappa shape index (κ2) is 6.96. The average Bonchev–Trinajstić information content (AvgIpc) is 3.26. The third kappa shape index (κ3) is 3.99. The first-order valence-electron chi connectivity index (χ1n) is 7.12. The third-order valence-electron chi connectivity index (χ3n) is 3.89. The Kier molecular flexibility index (Phi) is 5.26. The highest BCUT2D eigenvalue weighted by Gasteiger charge is 2.44. The van der Waals surface area contributed by atoms with E-state index in [0.717, 1.165) is 17.9 Å². The zero-order valence-electron chi connectivity index (χ0n) is 12.0. The Labute approximate surface area is 130 Å². The number of nitrogens with zero attached hydrogens (tertiary/aromatic N) is 1. The molecule has 0 aliphatic heterocycles. The van der Waals surface area contributed by atoms with Crippen LogP contribution in [0.4, 0.5) is 4.79 Å². The molecule has 0 aromatic heterocycles. The average molecular weight is 309 g/mol. The predicted molar refractivity (Wildman–Crippen MR) is 84.6 cm³/mol. The molecule has 1 aromatic carbocycles. The van der Waals surface area contributed by atoms with Crippen LogP contribution in [0.15, 0.2) is 36.9 Å². The van der Waals surface area contributed by atoms with Crippen LogP contribution in [-0.2, 0) is 5.41 Å². The summed E-state index contributed by atoms with van der Waals surface area (Å²) < 4.78 is 0. The molecular weight excluding hydrogens is 288 g/mol. The van der Waals surface area contributed by atoms with Crippen LogP contribution in [0.2, 0.25) is 5.02 Å². The Balaban J connectivity index is 1.93. The maximum atomic E-state index is 12.1. The van der Waals surface area contributed by atoms with Gasteiger partial charge in [0.05, 0.1) is 6.61 Å². The van der Waals surface area contributed by atoms with E-state index in [1.165, 1.54) is 5.56 Å². The van der Waals surface area contributed by atoms with E-state index in [9.17, 15) is 4.79 Å². The maximum absolute atomic E-state index is 12.1. The van der Waals surface area contributed by atoms with Crippen molar-refractivity contribution in [2.24, 2.45) is 0 Å². The monoisotopic (exact) mass is 308 g/mol. The van der Waals surface area contributed by atoms with E-state index in [0.29, 0.717) is 19.6 Å². The Hall–Kier alpha value is -1.52. The molecule has 2 amide bonds. The Morgan fingerprint density at radius 1 is 1.43 bits per heavy atom. The lowest BCUT2D eigenvalue weighted by Crippen LogP contribution is -2.44. The summed E-state index contributed by atoms with van der Waals surface area (Å²) in [6, 6.07) is 7.65. The van der Waals surface area contributed by atoms with E-state index in [1.807, 2.05) is 24.3 Å². The molecule has 2 N–H and O–H groups in total. The fourth-order valence-corrected chi connectivity index (χ4v) is 2.56. The van der Waals surface area contributed by atoms with Crippen molar-refractivity contribution < 1.29 is 9.90 Å². The minimum Gasteiger partial charge on any atom is -0.395 e. The number of aliphatic hydroxyl groups excluding tert-OH is 1. The van der Waals surface area contributed by atoms with Gasteiger partial charge in [0.1, 0.15) is 0 Å². The first kappa shape index (κ1) is 15.9. The van der Waals surface area contributed by atoms with Crippen molar-refractivity contribution in [2.45, 2.75) is 18.3 Å². The van der Waals surface area contributed by atoms with Gasteiger partial charge >= 0.3 is 6.03 Å². The Bertz CT molecular complexity index is 498. The minimum atomic E-state index is -0.163. The van der Waals surface area contributed by atoms with E-state index >= 15 is 0 Å². The fourth-order valence-electron chi connectivity index (χ4n) is 2.43. The zero-order chi connectivity index (χ0) is 15.3. The van der Waals surface area contributed by atoms with Gasteiger partial charge in [0.15, 0.2) is 0 Å². The first-order valence-corrected chi connectivity index (χ1v) is 7.50. The van der Waals surface area contributed by atoms with E-state index < -0.39 is 0 Å². The molecule has 1 fully saturated rings. The van der Waals surface area contributed by atoms with Crippen molar-refractivity contribution in [1.82, 2.24) is 10.2 Å². The van der Waals surface area contributed by atoms with Crippen molar-refractivity contribution in [3.63, 3.8) is 0 Å². The molecule has 0 spiro atoms. The van der Waals surface area contributed by atoms with Crippen LogP contribution in [0.3, 0.4) is 0 Å². The molecule has 1 aromatic rings. The largest absolute Gasteiger partial charge is 0.395 e. The molecule has 5 heteroatoms. The van der Waals surface area contributed by atoms with Crippen LogP contribution >= 0.6 is 11.6 Å². The van der Waals surface area contributed by atoms with Gasteiger partial charge in [-0.05, 0) is 30.5 Å². The topological polar surface area (TPSA) is 52.6 Å². The molecule has 1 aliphatic carbocycles. The summed E-state index contributed by atoms with van der Waals surface area (Å²) in [5.41, 5.74) is 1.25. The van der Waals surface area contributed by atoms with Crippen molar-refractivity contribution >= 4 is 17.6 Å². The van der Waals surface area contributed by atoms with Crippen molar-refractivity contribution in [3.05, 3.63) is 47.5 Å². The van der Waals surface area contributed by atoms with E-state index in [1.54, 1.807) is 11.0 Å². The van der Waals surface area contributed by atoms with Gasteiger partial charge in [-0.3, -0.25) is 0 Å². The number of rotatable bonds is 7. The second-order valence-corrected chi connectivity index (χ2v) is 5.84. The standard InChI is InChI=1S/C16H21ClN2O2/c1-2-9-19(10-11-20)15(21)18-12-16(7-8-16)13-3-5-14(17)6-4-13/h2-6,20H,1,7-12H2,(H,18,21). The molecule has 0 bridgehead atoms. The molecule has 0 saturated heterocycles. The van der Waals surface area contributed by atoms with Gasteiger partial charge in [-0.1, -0.05) is 29.8 Å². The van der Waals surface area contributed by atoms with E-state index in [2.05, 4.69) is 11.9 Å². The van der Waals surface area contributed by atoms with E-state index in [-0.39, 0.29) is 18.1 Å². The number of nitrogens with one attached hydrogen (secondary N) is 1. The molecule has 21 heavy (non-hydrogen) atoms. The number of urea groups is 1. The summed E-state index contributed by atoms with van der Waals surface area (Å²) >= 11 is 5.91. The number of hydrogen-bond donors (Lipinski definition) is 2. The summed E-state index contributed by atoms with van der Waals surface area (Å²) in [7, 11) is 0. The molecule has 4 nitrogen and oxygen atoms in total. The van der Waals surface area contributed by atoms with Crippen molar-refractivity contribution in [3.8, 4) is 0 Å². The first-order chi connectivity index (χ1) is 10.1. The number of aliphatic hydroxyl groups is 1. The van der Waals surface area contributed by atoms with Crippen LogP contribution in [-0.4, -0.2) is 42.3 Å². The maximum Gasteiger partial charge on any atom is 0.317 e. The number of carbonyl (C=O) groups is 1. The molecule has 0 radical (unpaired) electrons. The number of benzene rings is 1. The zero-order valence-corrected chi connectivity index (χ0v) is 12.8. The molecular formula is C16H21ClN2O2. The lowest BCUT2D eigenvalue weighted by atomic mass is 9.96. The molecule has 1 saturated carbocycles. The predicted octanol–water partition coefficient (Wildman–Crippen LogP) is 2.56. The number of hydrogen-bond acceptors (Lipinski definition) is 2. The second-order valence-electron chi connectivity index (χ2n) is 5.40. The Morgan fingerprint density at radius 3 is 2.62 bits per heavy atom. The Morgan fingerprint density at radius 2 is 2.10 bits per heavy atom. The highest BCUT2D eigenvalue weighted by atomic mass is 35.5. The van der Waals surface area contributed by atoms with Crippen LogP contribution in [0.1, 0.15) is 18.4 Å². The lowest BCUT2D eigenvalue weighted by Gasteiger charge is -2.23. The third-order valence-corrected chi connectivity index (χ3v) is 4.15. The normalized spacial score (nSPS) is 15.3. The molecule has 0 heterocycles. The SMILES string of the molecule is C=CCN(CCO)C(=O)NCC1(c2ccc(Cl)cc2)CC1. The molecule has 114 valence electrons. The van der Waals surface area contributed by atoms with Gasteiger partial charge in [-0.25, -0.2) is 4.79 Å². The molecule has 0 atom stereocenters. The quantitative estimate of drug-likeness (QED) is 0.761. The summed E-state index contributed by atoms with van der Waals surface area (Å²) in [5, 5.41) is 12.7. The highest BCUT2D eigenvalue weighted by molar-refractivity contribution is 6.30. The molecule has 0 unspecified atom stereocenters. The number of amides is 2. The van der Waals surface area contributed by atoms with Crippen molar-refractivity contribution in [1.29, 1.82) is 0 Å². The molecule has 1 aliphatic rings. The summed E-state index contributed by atoms with van der Waals surface area (Å²) in [4.78, 5) is 13.7. The van der Waals surface area contributed by atoms with Crippen LogP contribution in [0.5, 0.6) is 0 Å². The van der Waals surface area contributed by atoms with Gasteiger partial charge < -0.3 is 15.3 Å². The van der Waals surface area contributed by atoms with Crippen LogP contribution in [0, 0.1) is 0 Å². The van der Waals surface area contributed by atoms with Gasteiger partial charge in [-0.2, -0.15) is 0 Å². The fraction of sp³-hybridized carbons (Fsp3) is 0.438. The summed E-state index contributed by atoms with van der Waals surface area (Å²) in [5.74, 6) is 0. The van der Waals surface area contributed by atoms with Gasteiger partial charge in [0, 0.05) is 30.1 Å². The smallest absolute Gasteiger partial charge is 0.317 e. The number of halogens is 1. The highest BCUT2D eigenvalue weighted by Crippen LogP contribution is 2.47. The number of carbonyl (C=O) groups excluding carboxylic acids is 1. The summed E-state index contributed by atoms with van der Waals surface area (Å²) in [6.45, 7) is 4.92. The van der Waals surface area contributed by atoms with Crippen molar-refractivity contribution in [2.75, 3.05) is 26.2 Å². The summed E-state index contributed by atoms with van der Waals surface area (Å²) in [6.07, 6.45) is 3.79. The molecule has 2 rings (SSSR count). The van der Waals surface area contributed by atoms with Gasteiger partial charge in [0.25, 0.3) is 0 Å². The lowest BCUT2D eigenvalue weighted by molar-refractivity contribution is 0.183. The van der Waals surface area contributed by atoms with E-state index in [4.69, 9.17) is 16.7 Å².